The van der Waals surface area contributed by atoms with Crippen LogP contribution in [-0.4, -0.2) is 70.1 Å². The second-order valence-corrected chi connectivity index (χ2v) is 6.50. The van der Waals surface area contributed by atoms with Gasteiger partial charge in [-0.25, -0.2) is 0 Å². The predicted molar refractivity (Wildman–Crippen MR) is 80.6 cm³/mol. The molecule has 0 radical (unpaired) electrons. The maximum Gasteiger partial charge on any atom is 0.0964 e. The molecule has 0 saturated carbocycles. The van der Waals surface area contributed by atoms with Crippen LogP contribution in [0.4, 0.5) is 0 Å². The van der Waals surface area contributed by atoms with Crippen LogP contribution >= 0.6 is 0 Å². The second-order valence-electron chi connectivity index (χ2n) is 6.50. The Morgan fingerprint density at radius 1 is 1.15 bits per heavy atom. The summed E-state index contributed by atoms with van der Waals surface area (Å²) in [6, 6.07) is 0. The van der Waals surface area contributed by atoms with Crippen LogP contribution in [-0.2, 0) is 13.1 Å². The lowest BCUT2D eigenvalue weighted by Crippen LogP contribution is -2.53. The van der Waals surface area contributed by atoms with Crippen LogP contribution in [0.25, 0.3) is 0 Å². The van der Waals surface area contributed by atoms with Crippen LogP contribution in [0.5, 0.6) is 0 Å². The van der Waals surface area contributed by atoms with E-state index in [1.54, 1.807) is 0 Å². The van der Waals surface area contributed by atoms with E-state index in [0.29, 0.717) is 5.54 Å². The first-order chi connectivity index (χ1) is 9.49. The number of nitrogens with one attached hydrogen (secondary N) is 1. The fourth-order valence-electron chi connectivity index (χ4n) is 2.60. The van der Waals surface area contributed by atoms with Gasteiger partial charge in [0.25, 0.3) is 0 Å². The van der Waals surface area contributed by atoms with E-state index in [1.165, 1.54) is 0 Å². The van der Waals surface area contributed by atoms with E-state index in [2.05, 4.69) is 46.2 Å². The maximum atomic E-state index is 4.16. The summed E-state index contributed by atoms with van der Waals surface area (Å²) in [7, 11) is 1.92. The summed E-state index contributed by atoms with van der Waals surface area (Å²) in [4.78, 5) is 5.08. The SMILES string of the molecule is CNCc1cn(CCN2CCN(C(C)(C)C)CC2)nn1. The van der Waals surface area contributed by atoms with Crippen LogP contribution in [0.2, 0.25) is 0 Å². The van der Waals surface area contributed by atoms with E-state index in [4.69, 9.17) is 0 Å². The number of hydrogen-bond donors (Lipinski definition) is 1. The number of aromatic nitrogens is 3. The van der Waals surface area contributed by atoms with Crippen molar-refractivity contribution in [3.8, 4) is 0 Å². The van der Waals surface area contributed by atoms with Gasteiger partial charge in [0.1, 0.15) is 0 Å². The molecule has 1 fully saturated rings. The molecule has 1 aromatic rings. The highest BCUT2D eigenvalue weighted by atomic mass is 15.4. The highest BCUT2D eigenvalue weighted by Crippen LogP contribution is 2.15. The van der Waals surface area contributed by atoms with Crippen molar-refractivity contribution in [3.63, 3.8) is 0 Å². The van der Waals surface area contributed by atoms with E-state index in [1.807, 2.05) is 17.9 Å². The summed E-state index contributed by atoms with van der Waals surface area (Å²) < 4.78 is 1.95. The number of nitrogens with zero attached hydrogens (tertiary/aromatic N) is 5. The molecule has 1 aliphatic rings. The summed E-state index contributed by atoms with van der Waals surface area (Å²) >= 11 is 0. The molecule has 0 unspecified atom stereocenters. The Balaban J connectivity index is 1.73. The lowest BCUT2D eigenvalue weighted by atomic mass is 10.1. The van der Waals surface area contributed by atoms with Gasteiger partial charge in [-0.3, -0.25) is 14.5 Å². The molecule has 6 heteroatoms. The number of rotatable bonds is 5. The predicted octanol–water partition coefficient (Wildman–Crippen LogP) is 0.414. The molecular weight excluding hydrogens is 252 g/mol. The third kappa shape index (κ3) is 4.26. The zero-order chi connectivity index (χ0) is 14.6. The van der Waals surface area contributed by atoms with Crippen molar-refractivity contribution >= 4 is 0 Å². The van der Waals surface area contributed by atoms with Crippen molar-refractivity contribution in [1.82, 2.24) is 30.1 Å². The standard InChI is InChI=1S/C14H28N6/c1-14(2,3)19-8-5-18(6-9-19)7-10-20-12-13(11-15-4)16-17-20/h12,15H,5-11H2,1-4H3. The Morgan fingerprint density at radius 3 is 2.45 bits per heavy atom. The molecule has 1 aromatic heterocycles. The van der Waals surface area contributed by atoms with Crippen LogP contribution in [0.1, 0.15) is 26.5 Å². The van der Waals surface area contributed by atoms with Gasteiger partial charge >= 0.3 is 0 Å². The van der Waals surface area contributed by atoms with Crippen molar-refractivity contribution in [3.05, 3.63) is 11.9 Å². The summed E-state index contributed by atoms with van der Waals surface area (Å²) in [5.74, 6) is 0. The topological polar surface area (TPSA) is 49.2 Å². The van der Waals surface area contributed by atoms with Gasteiger partial charge in [-0.05, 0) is 27.8 Å². The van der Waals surface area contributed by atoms with E-state index in [0.717, 1.165) is 51.5 Å². The molecule has 0 atom stereocenters. The first-order valence-electron chi connectivity index (χ1n) is 7.50. The van der Waals surface area contributed by atoms with Crippen molar-refractivity contribution < 1.29 is 0 Å². The summed E-state index contributed by atoms with van der Waals surface area (Å²) in [6.07, 6.45) is 2.03. The minimum atomic E-state index is 0.292. The largest absolute Gasteiger partial charge is 0.314 e. The zero-order valence-corrected chi connectivity index (χ0v) is 13.3. The lowest BCUT2D eigenvalue weighted by Gasteiger charge is -2.42. The van der Waals surface area contributed by atoms with E-state index in [-0.39, 0.29) is 0 Å². The molecule has 1 N–H and O–H groups in total. The minimum absolute atomic E-state index is 0.292. The molecule has 0 spiro atoms. The van der Waals surface area contributed by atoms with Gasteiger partial charge < -0.3 is 5.32 Å². The van der Waals surface area contributed by atoms with E-state index >= 15 is 0 Å². The molecule has 2 rings (SSSR count). The summed E-state index contributed by atoms with van der Waals surface area (Å²) in [5, 5.41) is 11.4. The quantitative estimate of drug-likeness (QED) is 0.847. The highest BCUT2D eigenvalue weighted by Gasteiger charge is 2.25. The van der Waals surface area contributed by atoms with Crippen molar-refractivity contribution in [2.75, 3.05) is 39.8 Å². The van der Waals surface area contributed by atoms with Crippen LogP contribution < -0.4 is 5.32 Å². The molecule has 1 saturated heterocycles. The molecule has 20 heavy (non-hydrogen) atoms. The van der Waals surface area contributed by atoms with Gasteiger partial charge in [-0.2, -0.15) is 0 Å². The first kappa shape index (κ1) is 15.4. The third-order valence-electron chi connectivity index (χ3n) is 3.91. The molecule has 0 amide bonds. The molecule has 114 valence electrons. The van der Waals surface area contributed by atoms with Crippen molar-refractivity contribution in [2.45, 2.75) is 39.4 Å². The number of hydrogen-bond acceptors (Lipinski definition) is 5. The number of piperazine rings is 1. The smallest absolute Gasteiger partial charge is 0.0964 e. The normalized spacial score (nSPS) is 18.6. The molecule has 2 heterocycles. The first-order valence-corrected chi connectivity index (χ1v) is 7.50. The van der Waals surface area contributed by atoms with Crippen LogP contribution in [0, 0.1) is 0 Å². The fourth-order valence-corrected chi connectivity index (χ4v) is 2.60. The van der Waals surface area contributed by atoms with Gasteiger partial charge in [0.2, 0.25) is 0 Å². The average Bonchev–Trinajstić information content (AvgIpc) is 2.84. The van der Waals surface area contributed by atoms with Crippen LogP contribution in [0.3, 0.4) is 0 Å². The Hall–Kier alpha value is -0.980. The van der Waals surface area contributed by atoms with Gasteiger partial charge in [0.15, 0.2) is 0 Å². The molecular formula is C14H28N6. The Morgan fingerprint density at radius 2 is 1.85 bits per heavy atom. The molecule has 1 aliphatic heterocycles. The molecule has 0 aliphatic carbocycles. The van der Waals surface area contributed by atoms with Crippen molar-refractivity contribution in [1.29, 1.82) is 0 Å². The van der Waals surface area contributed by atoms with E-state index in [9.17, 15) is 0 Å². The van der Waals surface area contributed by atoms with E-state index < -0.39 is 0 Å². The summed E-state index contributed by atoms with van der Waals surface area (Å²) in [5.41, 5.74) is 1.30. The Bertz CT molecular complexity index is 400. The zero-order valence-electron chi connectivity index (χ0n) is 13.3. The van der Waals surface area contributed by atoms with Gasteiger partial charge in [0, 0.05) is 51.0 Å². The second kappa shape index (κ2) is 6.65. The van der Waals surface area contributed by atoms with Crippen LogP contribution in [0.15, 0.2) is 6.20 Å². The monoisotopic (exact) mass is 280 g/mol. The maximum absolute atomic E-state index is 4.16. The third-order valence-corrected chi connectivity index (χ3v) is 3.91. The average molecular weight is 280 g/mol. The lowest BCUT2D eigenvalue weighted by molar-refractivity contribution is 0.0604. The molecule has 6 nitrogen and oxygen atoms in total. The van der Waals surface area contributed by atoms with Gasteiger partial charge in [-0.15, -0.1) is 5.10 Å². The van der Waals surface area contributed by atoms with Crippen molar-refractivity contribution in [2.24, 2.45) is 0 Å². The fraction of sp³-hybridized carbons (Fsp3) is 0.857. The van der Waals surface area contributed by atoms with Gasteiger partial charge in [-0.1, -0.05) is 5.21 Å². The Kier molecular flexibility index (Phi) is 5.12. The molecule has 0 aromatic carbocycles. The Labute approximate surface area is 122 Å². The molecule has 0 bridgehead atoms. The highest BCUT2D eigenvalue weighted by molar-refractivity contribution is 4.91. The summed E-state index contributed by atoms with van der Waals surface area (Å²) in [6.45, 7) is 14.3. The van der Waals surface area contributed by atoms with Gasteiger partial charge in [0.05, 0.1) is 12.2 Å². The minimum Gasteiger partial charge on any atom is -0.314 e.